The van der Waals surface area contributed by atoms with E-state index in [1.165, 1.54) is 24.3 Å². The standard InChI is InChI=1S/C15H11F3N2O2S/c1-8-2-3-9(6-11(8)16)19-14(23)20-10-4-5-12-13(7-10)22-15(17,18)21-12/h2-7H,1H3,(H2,19,20,23). The van der Waals surface area contributed by atoms with E-state index in [2.05, 4.69) is 20.1 Å². The normalized spacial score (nSPS) is 14.4. The molecule has 0 amide bonds. The highest BCUT2D eigenvalue weighted by Crippen LogP contribution is 2.42. The number of aryl methyl sites for hydroxylation is 1. The van der Waals surface area contributed by atoms with Crippen LogP contribution in [-0.2, 0) is 0 Å². The Hall–Kier alpha value is -2.48. The van der Waals surface area contributed by atoms with Crippen molar-refractivity contribution in [1.82, 2.24) is 0 Å². The zero-order chi connectivity index (χ0) is 16.6. The Bertz CT molecular complexity index is 783. The van der Waals surface area contributed by atoms with Gasteiger partial charge in [-0.15, -0.1) is 8.78 Å². The minimum Gasteiger partial charge on any atom is -0.395 e. The number of hydrogen-bond donors (Lipinski definition) is 2. The second-order valence-electron chi connectivity index (χ2n) is 4.87. The van der Waals surface area contributed by atoms with Gasteiger partial charge in [-0.2, -0.15) is 0 Å². The van der Waals surface area contributed by atoms with E-state index in [0.29, 0.717) is 16.9 Å². The monoisotopic (exact) mass is 340 g/mol. The number of nitrogens with one attached hydrogen (secondary N) is 2. The molecule has 0 aromatic heterocycles. The summed E-state index contributed by atoms with van der Waals surface area (Å²) < 4.78 is 48.0. The van der Waals surface area contributed by atoms with Gasteiger partial charge >= 0.3 is 6.29 Å². The van der Waals surface area contributed by atoms with E-state index in [1.807, 2.05) is 0 Å². The Balaban J connectivity index is 1.68. The zero-order valence-corrected chi connectivity index (χ0v) is 12.6. The number of rotatable bonds is 2. The predicted octanol–water partition coefficient (Wildman–Crippen LogP) is 4.26. The predicted molar refractivity (Wildman–Crippen MR) is 83.6 cm³/mol. The first-order valence-corrected chi connectivity index (χ1v) is 6.97. The van der Waals surface area contributed by atoms with Crippen molar-refractivity contribution in [3.05, 3.63) is 47.8 Å². The molecule has 1 heterocycles. The first-order valence-electron chi connectivity index (χ1n) is 6.56. The lowest BCUT2D eigenvalue weighted by molar-refractivity contribution is -0.286. The number of hydrogen-bond acceptors (Lipinski definition) is 3. The zero-order valence-electron chi connectivity index (χ0n) is 11.8. The van der Waals surface area contributed by atoms with Crippen molar-refractivity contribution in [2.45, 2.75) is 13.2 Å². The molecule has 0 saturated carbocycles. The summed E-state index contributed by atoms with van der Waals surface area (Å²) in [5.74, 6) is -0.507. The lowest BCUT2D eigenvalue weighted by atomic mass is 10.2. The van der Waals surface area contributed by atoms with E-state index >= 15 is 0 Å². The highest BCUT2D eigenvalue weighted by Gasteiger charge is 2.43. The molecule has 0 atom stereocenters. The summed E-state index contributed by atoms with van der Waals surface area (Å²) in [5, 5.41) is 5.78. The Morgan fingerprint density at radius 3 is 2.30 bits per heavy atom. The first-order chi connectivity index (χ1) is 10.8. The quantitative estimate of drug-likeness (QED) is 0.800. The van der Waals surface area contributed by atoms with E-state index in [4.69, 9.17) is 12.2 Å². The fourth-order valence-corrected chi connectivity index (χ4v) is 2.23. The molecule has 4 nitrogen and oxygen atoms in total. The van der Waals surface area contributed by atoms with Crippen LogP contribution in [0.25, 0.3) is 0 Å². The average molecular weight is 340 g/mol. The molecule has 3 rings (SSSR count). The molecular formula is C15H11F3N2O2S. The maximum atomic E-state index is 13.5. The van der Waals surface area contributed by atoms with Crippen molar-refractivity contribution in [3.8, 4) is 11.5 Å². The van der Waals surface area contributed by atoms with Crippen molar-refractivity contribution in [2.75, 3.05) is 10.6 Å². The maximum absolute atomic E-state index is 13.5. The molecule has 2 aromatic rings. The van der Waals surface area contributed by atoms with Gasteiger partial charge in [0.2, 0.25) is 0 Å². The summed E-state index contributed by atoms with van der Waals surface area (Å²) in [6, 6.07) is 8.78. The third-order valence-corrected chi connectivity index (χ3v) is 3.29. The molecule has 0 saturated heterocycles. The van der Waals surface area contributed by atoms with Crippen LogP contribution in [0.3, 0.4) is 0 Å². The van der Waals surface area contributed by atoms with Crippen LogP contribution in [0.4, 0.5) is 24.5 Å². The van der Waals surface area contributed by atoms with Gasteiger partial charge in [-0.1, -0.05) is 6.07 Å². The number of thiocarbonyl (C=S) groups is 1. The molecule has 0 spiro atoms. The molecule has 2 N–H and O–H groups in total. The molecule has 0 bridgehead atoms. The van der Waals surface area contributed by atoms with Crippen LogP contribution < -0.4 is 20.1 Å². The van der Waals surface area contributed by atoms with Gasteiger partial charge in [0.1, 0.15) is 5.82 Å². The largest absolute Gasteiger partial charge is 0.586 e. The van der Waals surface area contributed by atoms with Crippen molar-refractivity contribution in [2.24, 2.45) is 0 Å². The fraction of sp³-hybridized carbons (Fsp3) is 0.133. The Labute approximate surface area is 135 Å². The van der Waals surface area contributed by atoms with Crippen molar-refractivity contribution in [1.29, 1.82) is 0 Å². The SMILES string of the molecule is Cc1ccc(NC(=S)Nc2ccc3c(c2)OC(F)(F)O3)cc1F. The summed E-state index contributed by atoms with van der Waals surface area (Å²) in [6.45, 7) is 1.65. The molecule has 0 aliphatic carbocycles. The smallest absolute Gasteiger partial charge is 0.395 e. The van der Waals surface area contributed by atoms with Crippen molar-refractivity contribution >= 4 is 28.7 Å². The number of benzene rings is 2. The van der Waals surface area contributed by atoms with Crippen LogP contribution >= 0.6 is 12.2 Å². The Morgan fingerprint density at radius 2 is 1.61 bits per heavy atom. The molecule has 1 aliphatic heterocycles. The van der Waals surface area contributed by atoms with Crippen LogP contribution in [0.1, 0.15) is 5.56 Å². The van der Waals surface area contributed by atoms with E-state index in [0.717, 1.165) is 0 Å². The Kier molecular flexibility index (Phi) is 3.77. The van der Waals surface area contributed by atoms with E-state index in [1.54, 1.807) is 19.1 Å². The van der Waals surface area contributed by atoms with Gasteiger partial charge in [-0.05, 0) is 49.0 Å². The van der Waals surface area contributed by atoms with E-state index < -0.39 is 6.29 Å². The summed E-state index contributed by atoms with van der Waals surface area (Å²) >= 11 is 5.10. The molecule has 0 radical (unpaired) electrons. The second-order valence-corrected chi connectivity index (χ2v) is 5.28. The van der Waals surface area contributed by atoms with Crippen molar-refractivity contribution < 1.29 is 22.6 Å². The van der Waals surface area contributed by atoms with E-state index in [9.17, 15) is 13.2 Å². The van der Waals surface area contributed by atoms with E-state index in [-0.39, 0.29) is 22.4 Å². The average Bonchev–Trinajstić information content (AvgIpc) is 2.76. The summed E-state index contributed by atoms with van der Waals surface area (Å²) in [4.78, 5) is 0. The molecule has 0 unspecified atom stereocenters. The number of ether oxygens (including phenoxy) is 2. The third kappa shape index (κ3) is 3.48. The van der Waals surface area contributed by atoms with Gasteiger partial charge < -0.3 is 20.1 Å². The first kappa shape index (κ1) is 15.4. The number of alkyl halides is 2. The maximum Gasteiger partial charge on any atom is 0.586 e. The van der Waals surface area contributed by atoms with Gasteiger partial charge in [0.25, 0.3) is 0 Å². The minimum absolute atomic E-state index is 0.0555. The molecule has 8 heteroatoms. The molecule has 0 fully saturated rings. The minimum atomic E-state index is -3.67. The number of halogens is 3. The van der Waals surface area contributed by atoms with Crippen molar-refractivity contribution in [3.63, 3.8) is 0 Å². The van der Waals surface area contributed by atoms with Gasteiger partial charge in [0.15, 0.2) is 16.6 Å². The van der Waals surface area contributed by atoms with Gasteiger partial charge in [-0.3, -0.25) is 0 Å². The molecular weight excluding hydrogens is 329 g/mol. The summed E-state index contributed by atoms with van der Waals surface area (Å²) in [7, 11) is 0. The van der Waals surface area contributed by atoms with Crippen LogP contribution in [0.5, 0.6) is 11.5 Å². The van der Waals surface area contributed by atoms with Crippen LogP contribution in [0.2, 0.25) is 0 Å². The van der Waals surface area contributed by atoms with Crippen LogP contribution in [0.15, 0.2) is 36.4 Å². The summed E-state index contributed by atoms with van der Waals surface area (Å²) in [6.07, 6.45) is -3.67. The lowest BCUT2D eigenvalue weighted by Gasteiger charge is -2.11. The highest BCUT2D eigenvalue weighted by atomic mass is 32.1. The third-order valence-electron chi connectivity index (χ3n) is 3.09. The number of fused-ring (bicyclic) bond motifs is 1. The van der Waals surface area contributed by atoms with Crippen LogP contribution in [-0.4, -0.2) is 11.4 Å². The highest BCUT2D eigenvalue weighted by molar-refractivity contribution is 7.80. The van der Waals surface area contributed by atoms with Crippen LogP contribution in [0, 0.1) is 12.7 Å². The van der Waals surface area contributed by atoms with Gasteiger partial charge in [0, 0.05) is 17.4 Å². The fourth-order valence-electron chi connectivity index (χ4n) is 1.99. The molecule has 120 valence electrons. The molecule has 1 aliphatic rings. The lowest BCUT2D eigenvalue weighted by Crippen LogP contribution is -2.25. The van der Waals surface area contributed by atoms with Gasteiger partial charge in [-0.25, -0.2) is 4.39 Å². The Morgan fingerprint density at radius 1 is 1.00 bits per heavy atom. The topological polar surface area (TPSA) is 42.5 Å². The van der Waals surface area contributed by atoms with Gasteiger partial charge in [0.05, 0.1) is 0 Å². The molecule has 23 heavy (non-hydrogen) atoms. The number of anilines is 2. The molecule has 2 aromatic carbocycles. The second kappa shape index (κ2) is 5.62. The summed E-state index contributed by atoms with van der Waals surface area (Å²) in [5.41, 5.74) is 1.42.